The molecule has 0 unspecified atom stereocenters. The van der Waals surface area contributed by atoms with Crippen molar-refractivity contribution in [3.63, 3.8) is 0 Å². The molecular weight excluding hydrogens is 357 g/mol. The summed E-state index contributed by atoms with van der Waals surface area (Å²) in [4.78, 5) is 12.7. The van der Waals surface area contributed by atoms with Gasteiger partial charge in [-0.15, -0.1) is 11.3 Å². The van der Waals surface area contributed by atoms with E-state index in [0.717, 1.165) is 11.9 Å². The van der Waals surface area contributed by atoms with Crippen molar-refractivity contribution in [3.05, 3.63) is 27.4 Å². The number of carbonyl (C=O) groups excluding carboxylic acids is 1. The molecule has 1 amide bonds. The number of unbranched alkanes of at least 4 members (excludes halogenated alkanes) is 3. The molecule has 1 aromatic rings. The van der Waals surface area contributed by atoms with Gasteiger partial charge in [-0.25, -0.2) is 0 Å². The topological polar surface area (TPSA) is 47.6 Å². The summed E-state index contributed by atoms with van der Waals surface area (Å²) >= 11 is 1.73. The lowest BCUT2D eigenvalue weighted by atomic mass is 9.77. The summed E-state index contributed by atoms with van der Waals surface area (Å²) < 4.78 is 12.4. The van der Waals surface area contributed by atoms with Gasteiger partial charge in [-0.2, -0.15) is 0 Å². The molecule has 2 heterocycles. The van der Waals surface area contributed by atoms with E-state index < -0.39 is 18.3 Å². The van der Waals surface area contributed by atoms with Gasteiger partial charge in [0.25, 0.3) is 0 Å². The van der Waals surface area contributed by atoms with Gasteiger partial charge in [0.1, 0.15) is 0 Å². The fraction of sp³-hybridized carbons (Fsp3) is 0.667. The summed E-state index contributed by atoms with van der Waals surface area (Å²) in [5, 5.41) is 5.05. The largest absolute Gasteiger partial charge is 0.492 e. The van der Waals surface area contributed by atoms with Crippen molar-refractivity contribution in [1.82, 2.24) is 5.32 Å². The van der Waals surface area contributed by atoms with Crippen molar-refractivity contribution in [3.8, 4) is 0 Å². The SMILES string of the molecule is CCCCCCc1ccsc1C=C(CNC(C)=O)B1OC(C)(C)C(C)(C)O1. The van der Waals surface area contributed by atoms with Crippen molar-refractivity contribution in [2.45, 2.75) is 84.8 Å². The highest BCUT2D eigenvalue weighted by Gasteiger charge is 2.52. The molecule has 0 aromatic carbocycles. The van der Waals surface area contributed by atoms with Gasteiger partial charge in [0.05, 0.1) is 11.2 Å². The van der Waals surface area contributed by atoms with Crippen molar-refractivity contribution in [2.75, 3.05) is 6.54 Å². The molecule has 0 aliphatic carbocycles. The van der Waals surface area contributed by atoms with Crippen LogP contribution in [-0.4, -0.2) is 30.8 Å². The molecule has 150 valence electrons. The molecule has 2 rings (SSSR count). The van der Waals surface area contributed by atoms with Gasteiger partial charge in [-0.1, -0.05) is 26.2 Å². The van der Waals surface area contributed by atoms with E-state index >= 15 is 0 Å². The van der Waals surface area contributed by atoms with Crippen LogP contribution in [0.1, 0.15) is 77.7 Å². The fourth-order valence-electron chi connectivity index (χ4n) is 3.01. The second-order valence-electron chi connectivity index (χ2n) is 8.34. The first-order valence-electron chi connectivity index (χ1n) is 10.0. The number of thiophene rings is 1. The van der Waals surface area contributed by atoms with Gasteiger partial charge < -0.3 is 14.6 Å². The van der Waals surface area contributed by atoms with Crippen molar-refractivity contribution in [1.29, 1.82) is 0 Å². The molecule has 0 bridgehead atoms. The summed E-state index contributed by atoms with van der Waals surface area (Å²) in [7, 11) is -0.447. The highest BCUT2D eigenvalue weighted by molar-refractivity contribution is 7.11. The average molecular weight is 391 g/mol. The lowest BCUT2D eigenvalue weighted by Crippen LogP contribution is -2.41. The average Bonchev–Trinajstić information content (AvgIpc) is 3.09. The molecule has 1 saturated heterocycles. The summed E-state index contributed by atoms with van der Waals surface area (Å²) in [6.07, 6.45) is 8.26. The van der Waals surface area contributed by atoms with E-state index in [1.165, 1.54) is 43.0 Å². The second kappa shape index (κ2) is 9.40. The molecular formula is C21H34BNO3S. The Kier molecular flexibility index (Phi) is 7.72. The molecule has 1 N–H and O–H groups in total. The Hall–Kier alpha value is -1.11. The Morgan fingerprint density at radius 1 is 1.19 bits per heavy atom. The standard InChI is InChI=1S/C21H34BNO3S/c1-7-8-9-10-11-17-12-13-27-19(17)14-18(15-23-16(2)24)22-25-20(3,4)21(5,6)26-22/h12-14H,7-11,15H2,1-6H3,(H,23,24). The zero-order valence-electron chi connectivity index (χ0n) is 17.7. The van der Waals surface area contributed by atoms with E-state index in [4.69, 9.17) is 9.31 Å². The van der Waals surface area contributed by atoms with Crippen LogP contribution in [0.3, 0.4) is 0 Å². The first-order chi connectivity index (χ1) is 12.7. The molecule has 1 aliphatic rings. The van der Waals surface area contributed by atoms with Gasteiger partial charge in [0.2, 0.25) is 5.91 Å². The lowest BCUT2D eigenvalue weighted by Gasteiger charge is -2.32. The monoisotopic (exact) mass is 391 g/mol. The van der Waals surface area contributed by atoms with Gasteiger partial charge in [-0.3, -0.25) is 4.79 Å². The quantitative estimate of drug-likeness (QED) is 0.475. The van der Waals surface area contributed by atoms with E-state index in [1.54, 1.807) is 11.3 Å². The van der Waals surface area contributed by atoms with Crippen molar-refractivity contribution in [2.24, 2.45) is 0 Å². The maximum Gasteiger partial charge on any atom is 0.492 e. The molecule has 0 saturated carbocycles. The first-order valence-corrected chi connectivity index (χ1v) is 10.9. The summed E-state index contributed by atoms with van der Waals surface area (Å²) in [5.74, 6) is -0.0524. The Balaban J connectivity index is 2.20. The number of hydrogen-bond acceptors (Lipinski definition) is 4. The molecule has 0 atom stereocenters. The van der Waals surface area contributed by atoms with Crippen LogP contribution in [0.2, 0.25) is 0 Å². The van der Waals surface area contributed by atoms with Crippen LogP contribution in [-0.2, 0) is 20.5 Å². The predicted molar refractivity (Wildman–Crippen MR) is 115 cm³/mol. The zero-order valence-corrected chi connectivity index (χ0v) is 18.5. The van der Waals surface area contributed by atoms with Gasteiger partial charge in [0, 0.05) is 18.3 Å². The fourth-order valence-corrected chi connectivity index (χ4v) is 3.93. The van der Waals surface area contributed by atoms with Crippen molar-refractivity contribution < 1.29 is 14.1 Å². The van der Waals surface area contributed by atoms with Gasteiger partial charge >= 0.3 is 7.12 Å². The molecule has 6 heteroatoms. The molecule has 0 radical (unpaired) electrons. The van der Waals surface area contributed by atoms with Crippen molar-refractivity contribution >= 4 is 30.4 Å². The van der Waals surface area contributed by atoms with Gasteiger partial charge in [-0.05, 0) is 69.1 Å². The summed E-state index contributed by atoms with van der Waals surface area (Å²) in [6, 6.07) is 2.21. The first kappa shape index (κ1) is 22.2. The van der Waals surface area contributed by atoms with Gasteiger partial charge in [0.15, 0.2) is 0 Å². The Labute approximate surface area is 168 Å². The third-order valence-electron chi connectivity index (χ3n) is 5.49. The van der Waals surface area contributed by atoms with Crippen LogP contribution in [0.15, 0.2) is 16.9 Å². The van der Waals surface area contributed by atoms with Crippen LogP contribution < -0.4 is 5.32 Å². The molecule has 0 spiro atoms. The maximum atomic E-state index is 11.5. The van der Waals surface area contributed by atoms with Crippen LogP contribution >= 0.6 is 11.3 Å². The highest BCUT2D eigenvalue weighted by Crippen LogP contribution is 2.39. The number of amides is 1. The number of hydrogen-bond donors (Lipinski definition) is 1. The zero-order chi connectivity index (χ0) is 20.1. The second-order valence-corrected chi connectivity index (χ2v) is 9.29. The maximum absolute atomic E-state index is 11.5. The Bertz CT molecular complexity index is 650. The van der Waals surface area contributed by atoms with E-state index in [2.05, 4.69) is 29.8 Å². The van der Waals surface area contributed by atoms with E-state index in [0.29, 0.717) is 6.54 Å². The third kappa shape index (κ3) is 5.93. The van der Waals surface area contributed by atoms with Crippen LogP contribution in [0.5, 0.6) is 0 Å². The number of aryl methyl sites for hydroxylation is 1. The Morgan fingerprint density at radius 3 is 2.44 bits per heavy atom. The summed E-state index contributed by atoms with van der Waals surface area (Å²) in [5.41, 5.74) is 1.53. The lowest BCUT2D eigenvalue weighted by molar-refractivity contribution is -0.118. The molecule has 27 heavy (non-hydrogen) atoms. The smallest absolute Gasteiger partial charge is 0.400 e. The Morgan fingerprint density at radius 2 is 1.85 bits per heavy atom. The molecule has 4 nitrogen and oxygen atoms in total. The summed E-state index contributed by atoms with van der Waals surface area (Å²) in [6.45, 7) is 12.4. The van der Waals surface area contributed by atoms with Crippen LogP contribution in [0, 0.1) is 0 Å². The number of carbonyl (C=O) groups is 1. The molecule has 1 aliphatic heterocycles. The van der Waals surface area contributed by atoms with Crippen LogP contribution in [0.25, 0.3) is 6.08 Å². The van der Waals surface area contributed by atoms with E-state index in [1.807, 2.05) is 27.7 Å². The van der Waals surface area contributed by atoms with E-state index in [9.17, 15) is 4.79 Å². The molecule has 1 aromatic heterocycles. The van der Waals surface area contributed by atoms with Crippen LogP contribution in [0.4, 0.5) is 0 Å². The normalized spacial score (nSPS) is 18.7. The highest BCUT2D eigenvalue weighted by atomic mass is 32.1. The predicted octanol–water partition coefficient (Wildman–Crippen LogP) is 5.02. The molecule has 1 fully saturated rings. The number of rotatable bonds is 9. The number of nitrogens with one attached hydrogen (secondary N) is 1. The van der Waals surface area contributed by atoms with E-state index in [-0.39, 0.29) is 5.91 Å². The minimum absolute atomic E-state index is 0.0524. The minimum Gasteiger partial charge on any atom is -0.400 e. The third-order valence-corrected chi connectivity index (χ3v) is 6.40. The minimum atomic E-state index is -0.447.